The fourth-order valence-electron chi connectivity index (χ4n) is 1.53. The van der Waals surface area contributed by atoms with Crippen LogP contribution in [0.15, 0.2) is 41.8 Å². The zero-order chi connectivity index (χ0) is 13.1. The monoisotopic (exact) mass is 295 g/mol. The second kappa shape index (κ2) is 5.69. The number of hydrogen-bond acceptors (Lipinski definition) is 3. The number of hydrogen-bond donors (Lipinski definition) is 0. The number of nitrogens with zero attached hydrogens (tertiary/aromatic N) is 1. The van der Waals surface area contributed by atoms with Crippen molar-refractivity contribution in [2.45, 2.75) is 0 Å². The number of thiocarbonyl (C=S) groups is 1. The van der Waals surface area contributed by atoms with Crippen molar-refractivity contribution in [2.75, 3.05) is 6.54 Å². The number of thioether (sulfide) groups is 1. The lowest BCUT2D eigenvalue weighted by atomic mass is 10.2. The number of benzene rings is 1. The van der Waals surface area contributed by atoms with E-state index >= 15 is 0 Å². The van der Waals surface area contributed by atoms with Crippen LogP contribution >= 0.6 is 35.6 Å². The molecule has 0 atom stereocenters. The normalized spacial score (nSPS) is 17.6. The highest BCUT2D eigenvalue weighted by Gasteiger charge is 2.30. The lowest BCUT2D eigenvalue weighted by Crippen LogP contribution is -2.27. The summed E-state index contributed by atoms with van der Waals surface area (Å²) >= 11 is 12.4. The van der Waals surface area contributed by atoms with Gasteiger partial charge in [-0.15, -0.1) is 6.58 Å². The van der Waals surface area contributed by atoms with Gasteiger partial charge in [-0.1, -0.05) is 53.8 Å². The van der Waals surface area contributed by atoms with Crippen molar-refractivity contribution in [3.8, 4) is 0 Å². The number of amides is 1. The molecular weight excluding hydrogens is 286 g/mol. The Labute approximate surface area is 120 Å². The molecule has 5 heteroatoms. The van der Waals surface area contributed by atoms with Gasteiger partial charge < -0.3 is 0 Å². The van der Waals surface area contributed by atoms with Gasteiger partial charge >= 0.3 is 0 Å². The topological polar surface area (TPSA) is 20.3 Å². The molecular formula is C13H10ClNOS2. The first-order valence-corrected chi connectivity index (χ1v) is 6.84. The third-order valence-corrected chi connectivity index (χ3v) is 3.94. The second-order valence-corrected chi connectivity index (χ2v) is 5.75. The van der Waals surface area contributed by atoms with Gasteiger partial charge in [0.25, 0.3) is 5.91 Å². The Hall–Kier alpha value is -1.10. The SMILES string of the molecule is C=CCN1C(=O)/C(=C/c2cccc(Cl)c2)SC1=S. The third-order valence-electron chi connectivity index (χ3n) is 2.33. The van der Waals surface area contributed by atoms with Crippen LogP contribution in [0, 0.1) is 0 Å². The molecule has 0 unspecified atom stereocenters. The van der Waals surface area contributed by atoms with Crippen molar-refractivity contribution in [1.29, 1.82) is 0 Å². The zero-order valence-corrected chi connectivity index (χ0v) is 11.8. The molecule has 2 nitrogen and oxygen atoms in total. The Balaban J connectivity index is 2.27. The number of carbonyl (C=O) groups is 1. The molecule has 92 valence electrons. The molecule has 0 aromatic heterocycles. The van der Waals surface area contributed by atoms with Gasteiger partial charge in [-0.2, -0.15) is 0 Å². The van der Waals surface area contributed by atoms with E-state index in [9.17, 15) is 4.79 Å². The summed E-state index contributed by atoms with van der Waals surface area (Å²) in [5.41, 5.74) is 0.890. The van der Waals surface area contributed by atoms with E-state index in [4.69, 9.17) is 23.8 Å². The molecule has 1 saturated heterocycles. The van der Waals surface area contributed by atoms with Crippen molar-refractivity contribution in [3.63, 3.8) is 0 Å². The summed E-state index contributed by atoms with van der Waals surface area (Å²) in [5.74, 6) is -0.0788. The fourth-order valence-corrected chi connectivity index (χ4v) is 3.01. The Morgan fingerprint density at radius 2 is 2.28 bits per heavy atom. The van der Waals surface area contributed by atoms with Gasteiger partial charge in [0.15, 0.2) is 0 Å². The smallest absolute Gasteiger partial charge is 0.266 e. The lowest BCUT2D eigenvalue weighted by molar-refractivity contribution is -0.121. The number of halogens is 1. The summed E-state index contributed by atoms with van der Waals surface area (Å²) in [4.78, 5) is 14.2. The summed E-state index contributed by atoms with van der Waals surface area (Å²) < 4.78 is 0.563. The molecule has 1 aromatic rings. The van der Waals surface area contributed by atoms with Gasteiger partial charge in [0, 0.05) is 11.6 Å². The van der Waals surface area contributed by atoms with Crippen LogP contribution in [0.5, 0.6) is 0 Å². The summed E-state index contributed by atoms with van der Waals surface area (Å²) in [6.07, 6.45) is 3.46. The molecule has 1 aliphatic heterocycles. The van der Waals surface area contributed by atoms with Gasteiger partial charge in [-0.05, 0) is 23.8 Å². The lowest BCUT2D eigenvalue weighted by Gasteiger charge is -2.10. The molecule has 1 aliphatic rings. The zero-order valence-electron chi connectivity index (χ0n) is 9.43. The van der Waals surface area contributed by atoms with E-state index in [1.807, 2.05) is 18.2 Å². The van der Waals surface area contributed by atoms with Crippen LogP contribution in [0.2, 0.25) is 5.02 Å². The van der Waals surface area contributed by atoms with E-state index in [0.717, 1.165) is 5.56 Å². The van der Waals surface area contributed by atoms with Gasteiger partial charge in [-0.25, -0.2) is 0 Å². The first kappa shape index (κ1) is 13.3. The van der Waals surface area contributed by atoms with E-state index < -0.39 is 0 Å². The molecule has 1 heterocycles. The Morgan fingerprint density at radius 1 is 1.50 bits per heavy atom. The maximum Gasteiger partial charge on any atom is 0.266 e. The van der Waals surface area contributed by atoms with Crippen LogP contribution in [0.4, 0.5) is 0 Å². The van der Waals surface area contributed by atoms with Gasteiger partial charge in [-0.3, -0.25) is 9.69 Å². The predicted molar refractivity (Wildman–Crippen MR) is 81.5 cm³/mol. The van der Waals surface area contributed by atoms with Crippen molar-refractivity contribution in [1.82, 2.24) is 4.90 Å². The van der Waals surface area contributed by atoms with Crippen LogP contribution in [-0.4, -0.2) is 21.7 Å². The van der Waals surface area contributed by atoms with Crippen LogP contribution in [0.1, 0.15) is 5.56 Å². The molecule has 0 N–H and O–H groups in total. The van der Waals surface area contributed by atoms with Crippen molar-refractivity contribution in [3.05, 3.63) is 52.4 Å². The average molecular weight is 296 g/mol. The Morgan fingerprint density at radius 3 is 2.94 bits per heavy atom. The standard InChI is InChI=1S/C13H10ClNOS2/c1-2-6-15-12(16)11(18-13(15)17)8-9-4-3-5-10(14)7-9/h2-5,7-8H,1,6H2/b11-8-. The summed E-state index contributed by atoms with van der Waals surface area (Å²) in [6.45, 7) is 4.06. The van der Waals surface area contributed by atoms with Crippen molar-refractivity contribution in [2.24, 2.45) is 0 Å². The highest BCUT2D eigenvalue weighted by atomic mass is 35.5. The molecule has 2 rings (SSSR count). The molecule has 0 aliphatic carbocycles. The van der Waals surface area contributed by atoms with E-state index in [1.54, 1.807) is 18.2 Å². The predicted octanol–water partition coefficient (Wildman–Crippen LogP) is 3.73. The molecule has 0 bridgehead atoms. The molecule has 0 radical (unpaired) electrons. The molecule has 1 amide bonds. The summed E-state index contributed by atoms with van der Waals surface area (Å²) in [5, 5.41) is 0.644. The largest absolute Gasteiger partial charge is 0.289 e. The van der Waals surface area contributed by atoms with Gasteiger partial charge in [0.1, 0.15) is 4.32 Å². The van der Waals surface area contributed by atoms with Crippen LogP contribution in [-0.2, 0) is 4.79 Å². The maximum atomic E-state index is 12.1. The van der Waals surface area contributed by atoms with Crippen LogP contribution in [0.25, 0.3) is 6.08 Å². The van der Waals surface area contributed by atoms with Crippen LogP contribution in [0.3, 0.4) is 0 Å². The maximum absolute atomic E-state index is 12.1. The second-order valence-electron chi connectivity index (χ2n) is 3.64. The highest BCUT2D eigenvalue weighted by Crippen LogP contribution is 2.32. The van der Waals surface area contributed by atoms with Gasteiger partial charge in [0.2, 0.25) is 0 Å². The van der Waals surface area contributed by atoms with Crippen molar-refractivity contribution >= 4 is 51.9 Å². The van der Waals surface area contributed by atoms with Gasteiger partial charge in [0.05, 0.1) is 4.91 Å². The molecule has 18 heavy (non-hydrogen) atoms. The molecule has 1 fully saturated rings. The fraction of sp³-hybridized carbons (Fsp3) is 0.0769. The minimum Gasteiger partial charge on any atom is -0.289 e. The van der Waals surface area contributed by atoms with Crippen LogP contribution < -0.4 is 0 Å². The quantitative estimate of drug-likeness (QED) is 0.481. The Bertz CT molecular complexity index is 554. The molecule has 0 spiro atoms. The first-order chi connectivity index (χ1) is 8.61. The highest BCUT2D eigenvalue weighted by molar-refractivity contribution is 8.26. The summed E-state index contributed by atoms with van der Waals surface area (Å²) in [6, 6.07) is 7.34. The van der Waals surface area contributed by atoms with E-state index in [2.05, 4.69) is 6.58 Å². The number of carbonyl (C=O) groups excluding carboxylic acids is 1. The summed E-state index contributed by atoms with van der Waals surface area (Å²) in [7, 11) is 0. The minimum atomic E-state index is -0.0788. The first-order valence-electron chi connectivity index (χ1n) is 5.23. The molecule has 0 saturated carbocycles. The Kier molecular flexibility index (Phi) is 4.22. The van der Waals surface area contributed by atoms with E-state index in [1.165, 1.54) is 16.7 Å². The number of rotatable bonds is 3. The third kappa shape index (κ3) is 2.83. The average Bonchev–Trinajstić information content (AvgIpc) is 2.57. The molecule has 1 aromatic carbocycles. The minimum absolute atomic E-state index is 0.0788. The van der Waals surface area contributed by atoms with E-state index in [0.29, 0.717) is 20.8 Å². The van der Waals surface area contributed by atoms with E-state index in [-0.39, 0.29) is 5.91 Å². The van der Waals surface area contributed by atoms with Crippen molar-refractivity contribution < 1.29 is 4.79 Å².